The number of nitrogens with zero attached hydrogens (tertiary/aromatic N) is 2. The zero-order valence-electron chi connectivity index (χ0n) is 15.3. The molecule has 1 aromatic heterocycles. The van der Waals surface area contributed by atoms with Crippen molar-refractivity contribution < 1.29 is 14.3 Å². The second kappa shape index (κ2) is 11.0. The number of halogens is 1. The molecule has 0 amide bonds. The Labute approximate surface area is 167 Å². The van der Waals surface area contributed by atoms with Crippen LogP contribution in [0.3, 0.4) is 0 Å². The molecule has 144 valence electrons. The second-order valence-corrected chi connectivity index (χ2v) is 6.52. The van der Waals surface area contributed by atoms with Crippen molar-refractivity contribution in [2.45, 2.75) is 32.4 Å². The number of aliphatic hydroxyl groups is 1. The molecule has 7 nitrogen and oxygen atoms in total. The van der Waals surface area contributed by atoms with Gasteiger partial charge in [-0.3, -0.25) is 9.89 Å². The number of aliphatic hydroxyl groups excluding tert-OH is 1. The van der Waals surface area contributed by atoms with Gasteiger partial charge in [0.15, 0.2) is 5.96 Å². The highest BCUT2D eigenvalue weighted by molar-refractivity contribution is 14.0. The Bertz CT molecular complexity index is 502. The summed E-state index contributed by atoms with van der Waals surface area (Å²) in [6.45, 7) is 11.6. The first-order valence-corrected chi connectivity index (χ1v) is 8.59. The number of hydrogen-bond acceptors (Lipinski definition) is 5. The highest BCUT2D eigenvalue weighted by atomic mass is 127. The van der Waals surface area contributed by atoms with Crippen LogP contribution in [-0.4, -0.2) is 67.4 Å². The highest BCUT2D eigenvalue weighted by Gasteiger charge is 2.28. The smallest absolute Gasteiger partial charge is 0.191 e. The van der Waals surface area contributed by atoms with Gasteiger partial charge in [-0.05, 0) is 32.9 Å². The van der Waals surface area contributed by atoms with E-state index < -0.39 is 6.10 Å². The molecule has 8 heteroatoms. The van der Waals surface area contributed by atoms with Crippen LogP contribution in [0.2, 0.25) is 0 Å². The van der Waals surface area contributed by atoms with Crippen molar-refractivity contribution in [1.29, 1.82) is 0 Å². The summed E-state index contributed by atoms with van der Waals surface area (Å²) >= 11 is 0. The predicted molar refractivity (Wildman–Crippen MR) is 110 cm³/mol. The molecule has 0 aliphatic carbocycles. The van der Waals surface area contributed by atoms with Crippen LogP contribution in [0, 0.1) is 0 Å². The monoisotopic (exact) mass is 466 g/mol. The Hall–Kier alpha value is -0.840. The number of rotatable bonds is 7. The molecule has 2 heterocycles. The maximum absolute atomic E-state index is 10.1. The van der Waals surface area contributed by atoms with Crippen molar-refractivity contribution in [3.63, 3.8) is 0 Å². The lowest BCUT2D eigenvalue weighted by Gasteiger charge is -2.39. The molecule has 1 unspecified atom stereocenters. The van der Waals surface area contributed by atoms with Gasteiger partial charge in [-0.1, -0.05) is 0 Å². The minimum absolute atomic E-state index is 0. The summed E-state index contributed by atoms with van der Waals surface area (Å²) in [6.07, 6.45) is 0.860. The number of guanidine groups is 1. The number of aliphatic imine (C=N–C) groups is 1. The molecule has 0 spiro atoms. The number of nitrogens with one attached hydrogen (secondary N) is 2. The van der Waals surface area contributed by atoms with Gasteiger partial charge in [0.1, 0.15) is 11.9 Å². The van der Waals surface area contributed by atoms with Crippen molar-refractivity contribution in [2.75, 3.05) is 45.9 Å². The first-order valence-electron chi connectivity index (χ1n) is 8.59. The van der Waals surface area contributed by atoms with E-state index in [1.807, 2.05) is 6.92 Å². The number of furan rings is 1. The molecule has 1 aliphatic heterocycles. The maximum Gasteiger partial charge on any atom is 0.191 e. The molecule has 0 bridgehead atoms. The van der Waals surface area contributed by atoms with Crippen LogP contribution in [0.4, 0.5) is 0 Å². The fourth-order valence-corrected chi connectivity index (χ4v) is 2.66. The minimum Gasteiger partial charge on any atom is -0.467 e. The molecule has 0 saturated carbocycles. The molecule has 1 atom stereocenters. The van der Waals surface area contributed by atoms with Gasteiger partial charge in [-0.15, -0.1) is 24.0 Å². The van der Waals surface area contributed by atoms with Crippen molar-refractivity contribution >= 4 is 29.9 Å². The summed E-state index contributed by atoms with van der Waals surface area (Å²) in [4.78, 5) is 7.09. The molecule has 1 aromatic rings. The minimum atomic E-state index is -0.698. The maximum atomic E-state index is 10.1. The third-order valence-corrected chi connectivity index (χ3v) is 4.17. The van der Waals surface area contributed by atoms with Crippen LogP contribution in [0.15, 0.2) is 27.8 Å². The summed E-state index contributed by atoms with van der Waals surface area (Å²) < 4.78 is 10.6. The fraction of sp³-hybridized carbons (Fsp3) is 0.706. The van der Waals surface area contributed by atoms with E-state index >= 15 is 0 Å². The standard InChI is InChI=1S/C17H30N4O3.HI/c1-4-18-16(19-12-14(22)15-6-5-9-24-15)20-13-17(2,3)21-7-10-23-11-8-21;/h5-6,9,14,22H,4,7-8,10-13H2,1-3H3,(H2,18,19,20);1H. The Morgan fingerprint density at radius 2 is 2.08 bits per heavy atom. The van der Waals surface area contributed by atoms with Gasteiger partial charge in [0.2, 0.25) is 0 Å². The predicted octanol–water partition coefficient (Wildman–Crippen LogP) is 1.60. The number of morpholine rings is 1. The average Bonchev–Trinajstić information content (AvgIpc) is 3.12. The quantitative estimate of drug-likeness (QED) is 0.322. The highest BCUT2D eigenvalue weighted by Crippen LogP contribution is 2.16. The van der Waals surface area contributed by atoms with E-state index in [0.29, 0.717) is 24.8 Å². The van der Waals surface area contributed by atoms with E-state index in [0.717, 1.165) is 32.8 Å². The molecule has 0 aromatic carbocycles. The molecule has 1 saturated heterocycles. The number of hydrogen-bond donors (Lipinski definition) is 3. The van der Waals surface area contributed by atoms with Crippen molar-refractivity contribution in [3.8, 4) is 0 Å². The lowest BCUT2D eigenvalue weighted by atomic mass is 10.0. The molecule has 1 aliphatic rings. The third-order valence-electron chi connectivity index (χ3n) is 4.17. The summed E-state index contributed by atoms with van der Waals surface area (Å²) in [5, 5.41) is 16.5. The van der Waals surface area contributed by atoms with Crippen LogP contribution in [0.1, 0.15) is 32.6 Å². The van der Waals surface area contributed by atoms with E-state index in [-0.39, 0.29) is 29.5 Å². The summed E-state index contributed by atoms with van der Waals surface area (Å²) in [5.41, 5.74) is -0.0360. The Kier molecular flexibility index (Phi) is 9.77. The first-order chi connectivity index (χ1) is 11.5. The second-order valence-electron chi connectivity index (χ2n) is 6.52. The largest absolute Gasteiger partial charge is 0.467 e. The molecular weight excluding hydrogens is 435 g/mol. The van der Waals surface area contributed by atoms with Gasteiger partial charge >= 0.3 is 0 Å². The lowest BCUT2D eigenvalue weighted by molar-refractivity contribution is -0.00684. The van der Waals surface area contributed by atoms with Crippen LogP contribution in [0.5, 0.6) is 0 Å². The van der Waals surface area contributed by atoms with Gasteiger partial charge in [-0.2, -0.15) is 0 Å². The normalized spacial score (nSPS) is 17.7. The molecule has 3 N–H and O–H groups in total. The lowest BCUT2D eigenvalue weighted by Crippen LogP contribution is -2.52. The Balaban J connectivity index is 0.00000312. The van der Waals surface area contributed by atoms with Gasteiger partial charge in [0.25, 0.3) is 0 Å². The third kappa shape index (κ3) is 7.12. The van der Waals surface area contributed by atoms with E-state index in [4.69, 9.17) is 9.15 Å². The first kappa shape index (κ1) is 22.2. The van der Waals surface area contributed by atoms with Gasteiger partial charge in [0, 0.05) is 25.2 Å². The van der Waals surface area contributed by atoms with Crippen molar-refractivity contribution in [1.82, 2.24) is 15.5 Å². The molecular formula is C17H31IN4O3. The van der Waals surface area contributed by atoms with Gasteiger partial charge < -0.3 is 24.9 Å². The molecule has 1 fully saturated rings. The summed E-state index contributed by atoms with van der Waals surface area (Å²) in [7, 11) is 0. The molecule has 2 rings (SSSR count). The van der Waals surface area contributed by atoms with Crippen molar-refractivity contribution in [2.24, 2.45) is 4.99 Å². The Morgan fingerprint density at radius 1 is 1.36 bits per heavy atom. The van der Waals surface area contributed by atoms with Crippen LogP contribution in [-0.2, 0) is 4.74 Å². The zero-order chi connectivity index (χ0) is 17.4. The number of ether oxygens (including phenoxy) is 1. The van der Waals surface area contributed by atoms with Gasteiger partial charge in [0.05, 0.1) is 32.6 Å². The van der Waals surface area contributed by atoms with Gasteiger partial charge in [-0.25, -0.2) is 0 Å². The zero-order valence-corrected chi connectivity index (χ0v) is 17.7. The van der Waals surface area contributed by atoms with Crippen molar-refractivity contribution in [3.05, 3.63) is 24.2 Å². The van der Waals surface area contributed by atoms with E-state index in [1.54, 1.807) is 18.4 Å². The van der Waals surface area contributed by atoms with Crippen LogP contribution >= 0.6 is 24.0 Å². The van der Waals surface area contributed by atoms with Crippen LogP contribution in [0.25, 0.3) is 0 Å². The average molecular weight is 466 g/mol. The molecule has 0 radical (unpaired) electrons. The summed E-state index contributed by atoms with van der Waals surface area (Å²) in [5.74, 6) is 1.25. The topological polar surface area (TPSA) is 82.3 Å². The Morgan fingerprint density at radius 3 is 2.68 bits per heavy atom. The van der Waals surface area contributed by atoms with E-state index in [1.165, 1.54) is 0 Å². The fourth-order valence-electron chi connectivity index (χ4n) is 2.66. The van der Waals surface area contributed by atoms with E-state index in [2.05, 4.69) is 34.4 Å². The summed E-state index contributed by atoms with van der Waals surface area (Å²) in [6, 6.07) is 3.53. The molecule has 25 heavy (non-hydrogen) atoms. The SMILES string of the molecule is CCNC(=NCC(C)(C)N1CCOCC1)NCC(O)c1ccco1.I. The van der Waals surface area contributed by atoms with Crippen LogP contribution < -0.4 is 10.6 Å². The van der Waals surface area contributed by atoms with E-state index in [9.17, 15) is 5.11 Å².